The van der Waals surface area contributed by atoms with E-state index >= 15 is 0 Å². The van der Waals surface area contributed by atoms with Crippen molar-refractivity contribution in [3.63, 3.8) is 0 Å². The van der Waals surface area contributed by atoms with E-state index in [9.17, 15) is 0 Å². The molecule has 0 bridgehead atoms. The van der Waals surface area contributed by atoms with Gasteiger partial charge in [-0.1, -0.05) is 18.2 Å². The molecule has 2 aromatic rings. The first-order chi connectivity index (χ1) is 10.4. The van der Waals surface area contributed by atoms with Gasteiger partial charge in [0.2, 0.25) is 0 Å². The summed E-state index contributed by atoms with van der Waals surface area (Å²) < 4.78 is 17.5. The first-order valence-corrected chi connectivity index (χ1v) is 7.09. The van der Waals surface area contributed by atoms with Crippen LogP contribution in [0.2, 0.25) is 0 Å². The summed E-state index contributed by atoms with van der Waals surface area (Å²) in [4.78, 5) is 4.58. The monoisotopic (exact) mass is 279 g/mol. The molecule has 0 radical (unpaired) electrons. The van der Waals surface area contributed by atoms with Gasteiger partial charge >= 0.3 is 0 Å². The molecule has 1 spiro atoms. The zero-order valence-corrected chi connectivity index (χ0v) is 11.3. The summed E-state index contributed by atoms with van der Waals surface area (Å²) >= 11 is 0. The lowest BCUT2D eigenvalue weighted by Gasteiger charge is -2.26. The fraction of sp³-hybridized carbons (Fsp3) is 0.235. The Labute approximate surface area is 122 Å². The van der Waals surface area contributed by atoms with Gasteiger partial charge in [0.25, 0.3) is 0 Å². The Morgan fingerprint density at radius 2 is 1.76 bits per heavy atom. The van der Waals surface area contributed by atoms with Crippen LogP contribution in [0.5, 0.6) is 17.2 Å². The highest BCUT2D eigenvalue weighted by Gasteiger charge is 2.48. The highest BCUT2D eigenvalue weighted by molar-refractivity contribution is 5.92. The Morgan fingerprint density at radius 3 is 2.76 bits per heavy atom. The number of benzene rings is 2. The molecule has 0 N–H and O–H groups in total. The third-order valence-electron chi connectivity index (χ3n) is 4.38. The van der Waals surface area contributed by atoms with Crippen molar-refractivity contribution in [1.29, 1.82) is 0 Å². The van der Waals surface area contributed by atoms with Crippen LogP contribution in [-0.4, -0.2) is 26.0 Å². The lowest BCUT2D eigenvalue weighted by atomic mass is 9.77. The van der Waals surface area contributed by atoms with Gasteiger partial charge in [0.15, 0.2) is 11.5 Å². The Bertz CT molecular complexity index is 784. The van der Waals surface area contributed by atoms with Gasteiger partial charge in [-0.25, -0.2) is 0 Å². The summed E-state index contributed by atoms with van der Waals surface area (Å²) in [5, 5.41) is 0. The predicted molar refractivity (Wildman–Crippen MR) is 78.3 cm³/mol. The molecule has 0 aromatic heterocycles. The topological polar surface area (TPSA) is 40.0 Å². The van der Waals surface area contributed by atoms with Crippen molar-refractivity contribution in [2.45, 2.75) is 5.41 Å². The second-order valence-corrected chi connectivity index (χ2v) is 5.50. The summed E-state index contributed by atoms with van der Waals surface area (Å²) in [5.74, 6) is 2.46. The van der Waals surface area contributed by atoms with Crippen LogP contribution < -0.4 is 14.2 Å². The average Bonchev–Trinajstić information content (AvgIpc) is 3.11. The lowest BCUT2D eigenvalue weighted by molar-refractivity contribution is 0.169. The van der Waals surface area contributed by atoms with Gasteiger partial charge in [0, 0.05) is 6.21 Å². The largest absolute Gasteiger partial charge is 0.491 e. The van der Waals surface area contributed by atoms with E-state index in [0.717, 1.165) is 28.5 Å². The third kappa shape index (κ3) is 1.32. The van der Waals surface area contributed by atoms with E-state index in [4.69, 9.17) is 14.2 Å². The fourth-order valence-electron chi connectivity index (χ4n) is 3.43. The molecule has 1 unspecified atom stereocenters. The van der Waals surface area contributed by atoms with Crippen LogP contribution in [0.4, 0.5) is 5.69 Å². The SMILES string of the molecule is C1=Nc2ccccc2C12COc1ccc3c(c12)OCCO3. The van der Waals surface area contributed by atoms with Gasteiger partial charge in [-0.3, -0.25) is 4.99 Å². The van der Waals surface area contributed by atoms with E-state index in [0.29, 0.717) is 19.8 Å². The molecule has 0 amide bonds. The van der Waals surface area contributed by atoms with Crippen LogP contribution >= 0.6 is 0 Å². The van der Waals surface area contributed by atoms with E-state index in [1.807, 2.05) is 36.5 Å². The quantitative estimate of drug-likeness (QED) is 0.744. The number of nitrogens with zero attached hydrogens (tertiary/aromatic N) is 1. The van der Waals surface area contributed by atoms with Crippen molar-refractivity contribution in [3.8, 4) is 17.2 Å². The van der Waals surface area contributed by atoms with Crippen LogP contribution in [-0.2, 0) is 5.41 Å². The zero-order chi connectivity index (χ0) is 13.9. The molecule has 5 rings (SSSR count). The fourth-order valence-corrected chi connectivity index (χ4v) is 3.43. The van der Waals surface area contributed by atoms with E-state index < -0.39 is 0 Å². The van der Waals surface area contributed by atoms with Crippen molar-refractivity contribution in [3.05, 3.63) is 47.5 Å². The molecule has 4 heteroatoms. The van der Waals surface area contributed by atoms with Gasteiger partial charge in [-0.15, -0.1) is 0 Å². The maximum atomic E-state index is 5.93. The van der Waals surface area contributed by atoms with E-state index in [1.165, 1.54) is 5.56 Å². The number of rotatable bonds is 0. The molecule has 3 heterocycles. The average molecular weight is 279 g/mol. The van der Waals surface area contributed by atoms with Gasteiger partial charge in [0.05, 0.1) is 16.7 Å². The van der Waals surface area contributed by atoms with E-state index in [2.05, 4.69) is 11.1 Å². The maximum absolute atomic E-state index is 5.93. The number of aliphatic imine (C=N–C) groups is 1. The zero-order valence-electron chi connectivity index (χ0n) is 11.3. The van der Waals surface area contributed by atoms with Crippen LogP contribution in [0.15, 0.2) is 41.4 Å². The number of ether oxygens (including phenoxy) is 3. The molecule has 0 fully saturated rings. The Morgan fingerprint density at radius 1 is 0.905 bits per heavy atom. The second-order valence-electron chi connectivity index (χ2n) is 5.50. The molecular formula is C17H13NO3. The predicted octanol–water partition coefficient (Wildman–Crippen LogP) is 2.85. The van der Waals surface area contributed by atoms with Crippen LogP contribution in [0.1, 0.15) is 11.1 Å². The first-order valence-electron chi connectivity index (χ1n) is 7.09. The minimum atomic E-state index is -0.349. The molecule has 0 saturated carbocycles. The van der Waals surface area contributed by atoms with Crippen molar-refractivity contribution in [2.75, 3.05) is 19.8 Å². The summed E-state index contributed by atoms with van der Waals surface area (Å²) in [6.45, 7) is 1.71. The molecule has 21 heavy (non-hydrogen) atoms. The second kappa shape index (κ2) is 3.79. The molecule has 0 saturated heterocycles. The van der Waals surface area contributed by atoms with Crippen LogP contribution in [0.25, 0.3) is 0 Å². The van der Waals surface area contributed by atoms with Crippen LogP contribution in [0.3, 0.4) is 0 Å². The minimum Gasteiger partial charge on any atom is -0.491 e. The molecular weight excluding hydrogens is 266 g/mol. The van der Waals surface area contributed by atoms with E-state index in [1.54, 1.807) is 0 Å². The standard InChI is InChI=1S/C17H13NO3/c1-2-4-12-11(3-1)17(9-18-12)10-21-13-5-6-14-16(15(13)17)20-8-7-19-14/h1-6,9H,7-8,10H2. The number of hydrogen-bond donors (Lipinski definition) is 0. The highest BCUT2D eigenvalue weighted by Crippen LogP contribution is 2.54. The summed E-state index contributed by atoms with van der Waals surface area (Å²) in [6, 6.07) is 12.1. The van der Waals surface area contributed by atoms with E-state index in [-0.39, 0.29) is 5.41 Å². The summed E-state index contributed by atoms with van der Waals surface area (Å²) in [5.41, 5.74) is 2.88. The summed E-state index contributed by atoms with van der Waals surface area (Å²) in [7, 11) is 0. The Kier molecular flexibility index (Phi) is 2.02. The Balaban J connectivity index is 1.80. The molecule has 3 aliphatic heterocycles. The maximum Gasteiger partial charge on any atom is 0.169 e. The molecule has 3 aliphatic rings. The van der Waals surface area contributed by atoms with Crippen molar-refractivity contribution < 1.29 is 14.2 Å². The van der Waals surface area contributed by atoms with Gasteiger partial charge in [-0.05, 0) is 23.8 Å². The molecule has 2 aromatic carbocycles. The number of para-hydroxylation sites is 1. The van der Waals surface area contributed by atoms with Crippen LogP contribution in [0, 0.1) is 0 Å². The first kappa shape index (κ1) is 11.2. The molecule has 0 aliphatic carbocycles. The van der Waals surface area contributed by atoms with Crippen molar-refractivity contribution in [2.24, 2.45) is 4.99 Å². The summed E-state index contributed by atoms with van der Waals surface area (Å²) in [6.07, 6.45) is 1.99. The number of fused-ring (bicyclic) bond motifs is 6. The molecule has 1 atom stereocenters. The smallest absolute Gasteiger partial charge is 0.169 e. The normalized spacial score (nSPS) is 23.8. The van der Waals surface area contributed by atoms with Gasteiger partial charge in [0.1, 0.15) is 25.6 Å². The molecule has 104 valence electrons. The molecule has 4 nitrogen and oxygen atoms in total. The van der Waals surface area contributed by atoms with Crippen molar-refractivity contribution in [1.82, 2.24) is 0 Å². The number of hydrogen-bond acceptors (Lipinski definition) is 4. The minimum absolute atomic E-state index is 0.349. The van der Waals surface area contributed by atoms with Gasteiger partial charge in [-0.2, -0.15) is 0 Å². The Hall–Kier alpha value is -2.49. The lowest BCUT2D eigenvalue weighted by Crippen LogP contribution is -2.30. The highest BCUT2D eigenvalue weighted by atomic mass is 16.6. The van der Waals surface area contributed by atoms with Crippen molar-refractivity contribution >= 4 is 11.9 Å². The van der Waals surface area contributed by atoms with Gasteiger partial charge < -0.3 is 14.2 Å². The third-order valence-corrected chi connectivity index (χ3v) is 4.38.